The second-order valence-electron chi connectivity index (χ2n) is 5.68. The van der Waals surface area contributed by atoms with E-state index in [1.54, 1.807) is 30.3 Å². The van der Waals surface area contributed by atoms with Gasteiger partial charge < -0.3 is 10.6 Å². The fourth-order valence-corrected chi connectivity index (χ4v) is 2.44. The maximum absolute atomic E-state index is 13.6. The molecule has 0 aromatic heterocycles. The van der Waals surface area contributed by atoms with Gasteiger partial charge in [-0.05, 0) is 31.0 Å². The third-order valence-corrected chi connectivity index (χ3v) is 4.05. The molecule has 0 unspecified atom stereocenters. The first kappa shape index (κ1) is 15.2. The molecule has 0 aliphatic heterocycles. The van der Waals surface area contributed by atoms with Crippen LogP contribution < -0.4 is 10.6 Å². The van der Waals surface area contributed by atoms with Crippen LogP contribution in [0.5, 0.6) is 0 Å². The third-order valence-electron chi connectivity index (χ3n) is 4.05. The van der Waals surface area contributed by atoms with Crippen molar-refractivity contribution >= 4 is 17.5 Å². The Morgan fingerprint density at radius 2 is 1.61 bits per heavy atom. The highest BCUT2D eigenvalue weighted by Crippen LogP contribution is 2.46. The molecule has 118 valence electrons. The molecule has 2 aromatic carbocycles. The summed E-state index contributed by atoms with van der Waals surface area (Å²) < 4.78 is 13.6. The lowest BCUT2D eigenvalue weighted by Gasteiger charge is -2.15. The van der Waals surface area contributed by atoms with E-state index < -0.39 is 5.41 Å². The van der Waals surface area contributed by atoms with Gasteiger partial charge in [0.25, 0.3) is 0 Å². The van der Waals surface area contributed by atoms with Crippen molar-refractivity contribution in [3.05, 3.63) is 66.0 Å². The Bertz CT molecular complexity index is 727. The first-order chi connectivity index (χ1) is 11.1. The quantitative estimate of drug-likeness (QED) is 0.834. The Morgan fingerprint density at radius 1 is 0.957 bits per heavy atom. The number of hydrogen-bond acceptors (Lipinski definition) is 2. The van der Waals surface area contributed by atoms with E-state index in [2.05, 4.69) is 10.6 Å². The molecular formula is C18H17FN2O2. The highest BCUT2D eigenvalue weighted by atomic mass is 19.1. The first-order valence-corrected chi connectivity index (χ1v) is 7.50. The lowest BCUT2D eigenvalue weighted by atomic mass is 10.0. The van der Waals surface area contributed by atoms with Crippen LogP contribution in [0, 0.1) is 11.2 Å². The zero-order chi connectivity index (χ0) is 16.3. The zero-order valence-electron chi connectivity index (χ0n) is 12.5. The molecule has 0 bridgehead atoms. The summed E-state index contributed by atoms with van der Waals surface area (Å²) in [6.07, 6.45) is 1.02. The summed E-state index contributed by atoms with van der Waals surface area (Å²) in [5.74, 6) is -1.03. The Labute approximate surface area is 133 Å². The smallest absolute Gasteiger partial charge is 0.240 e. The normalized spacial score (nSPS) is 14.8. The second-order valence-corrected chi connectivity index (χ2v) is 5.68. The number of nitrogens with one attached hydrogen (secondary N) is 2. The molecule has 0 heterocycles. The average Bonchev–Trinajstić information content (AvgIpc) is 3.37. The third kappa shape index (κ3) is 3.23. The van der Waals surface area contributed by atoms with Crippen molar-refractivity contribution in [2.75, 3.05) is 5.32 Å². The van der Waals surface area contributed by atoms with Crippen molar-refractivity contribution in [1.82, 2.24) is 5.32 Å². The summed E-state index contributed by atoms with van der Waals surface area (Å²) in [4.78, 5) is 24.7. The van der Waals surface area contributed by atoms with Gasteiger partial charge in [0, 0.05) is 17.8 Å². The Kier molecular flexibility index (Phi) is 4.10. The van der Waals surface area contributed by atoms with Crippen molar-refractivity contribution in [2.45, 2.75) is 19.4 Å². The van der Waals surface area contributed by atoms with Gasteiger partial charge in [0.1, 0.15) is 11.2 Å². The summed E-state index contributed by atoms with van der Waals surface area (Å²) in [6.45, 7) is 0.0753. The van der Waals surface area contributed by atoms with E-state index in [9.17, 15) is 14.0 Å². The van der Waals surface area contributed by atoms with Gasteiger partial charge in [0.15, 0.2) is 0 Å². The molecule has 23 heavy (non-hydrogen) atoms. The standard InChI is InChI=1S/C18H17FN2O2/c19-15-9-5-4-6-13(15)12-20-16(22)18(10-11-18)17(23)21-14-7-2-1-3-8-14/h1-9H,10-12H2,(H,20,22)(H,21,23). The number of para-hydroxylation sites is 1. The average molecular weight is 312 g/mol. The molecule has 1 aliphatic carbocycles. The molecule has 2 aromatic rings. The summed E-state index contributed by atoms with van der Waals surface area (Å²) in [5, 5.41) is 5.43. The molecule has 2 N–H and O–H groups in total. The van der Waals surface area contributed by atoms with E-state index in [0.717, 1.165) is 0 Å². The van der Waals surface area contributed by atoms with E-state index in [0.29, 0.717) is 24.1 Å². The molecule has 2 amide bonds. The molecule has 0 atom stereocenters. The van der Waals surface area contributed by atoms with Crippen LogP contribution in [0.25, 0.3) is 0 Å². The Hall–Kier alpha value is -2.69. The van der Waals surface area contributed by atoms with Crippen molar-refractivity contribution in [2.24, 2.45) is 5.41 Å². The fraction of sp³-hybridized carbons (Fsp3) is 0.222. The van der Waals surface area contributed by atoms with Gasteiger partial charge in [-0.15, -0.1) is 0 Å². The van der Waals surface area contributed by atoms with Crippen LogP contribution in [0.15, 0.2) is 54.6 Å². The lowest BCUT2D eigenvalue weighted by Crippen LogP contribution is -2.39. The first-order valence-electron chi connectivity index (χ1n) is 7.50. The predicted octanol–water partition coefficient (Wildman–Crippen LogP) is 2.86. The number of hydrogen-bond donors (Lipinski definition) is 2. The van der Waals surface area contributed by atoms with Crippen LogP contribution in [-0.2, 0) is 16.1 Å². The van der Waals surface area contributed by atoms with Crippen LogP contribution in [-0.4, -0.2) is 11.8 Å². The van der Waals surface area contributed by atoms with E-state index in [1.165, 1.54) is 6.07 Å². The molecule has 4 nitrogen and oxygen atoms in total. The number of anilines is 1. The molecule has 0 saturated heterocycles. The minimum absolute atomic E-state index is 0.0753. The molecule has 1 fully saturated rings. The topological polar surface area (TPSA) is 58.2 Å². The van der Waals surface area contributed by atoms with Crippen LogP contribution in [0.2, 0.25) is 0 Å². The Balaban J connectivity index is 1.62. The number of halogens is 1. The lowest BCUT2D eigenvalue weighted by molar-refractivity contribution is -0.134. The molecule has 5 heteroatoms. The van der Waals surface area contributed by atoms with E-state index >= 15 is 0 Å². The Morgan fingerprint density at radius 3 is 2.26 bits per heavy atom. The van der Waals surface area contributed by atoms with E-state index in [4.69, 9.17) is 0 Å². The van der Waals surface area contributed by atoms with Gasteiger partial charge in [-0.3, -0.25) is 9.59 Å². The summed E-state index contributed by atoms with van der Waals surface area (Å²) >= 11 is 0. The number of benzene rings is 2. The van der Waals surface area contributed by atoms with Gasteiger partial charge in [-0.25, -0.2) is 4.39 Å². The molecule has 3 rings (SSSR count). The van der Waals surface area contributed by atoms with Gasteiger partial charge in [0.2, 0.25) is 11.8 Å². The van der Waals surface area contributed by atoms with Crippen molar-refractivity contribution in [1.29, 1.82) is 0 Å². The maximum Gasteiger partial charge on any atom is 0.240 e. The predicted molar refractivity (Wildman–Crippen MR) is 85.0 cm³/mol. The SMILES string of the molecule is O=C(NCc1ccccc1F)C1(C(=O)Nc2ccccc2)CC1. The summed E-state index contributed by atoms with van der Waals surface area (Å²) in [7, 11) is 0. The summed E-state index contributed by atoms with van der Waals surface area (Å²) in [6, 6.07) is 15.3. The highest BCUT2D eigenvalue weighted by Gasteiger charge is 2.56. The van der Waals surface area contributed by atoms with Crippen LogP contribution in [0.1, 0.15) is 18.4 Å². The van der Waals surface area contributed by atoms with Gasteiger partial charge >= 0.3 is 0 Å². The van der Waals surface area contributed by atoms with Crippen molar-refractivity contribution in [3.8, 4) is 0 Å². The number of carbonyl (C=O) groups is 2. The van der Waals surface area contributed by atoms with Crippen molar-refractivity contribution in [3.63, 3.8) is 0 Å². The van der Waals surface area contributed by atoms with Gasteiger partial charge in [0.05, 0.1) is 0 Å². The highest BCUT2D eigenvalue weighted by molar-refractivity contribution is 6.13. The maximum atomic E-state index is 13.6. The number of amides is 2. The minimum atomic E-state index is -1.03. The molecule has 1 saturated carbocycles. The molecule has 0 spiro atoms. The molecular weight excluding hydrogens is 295 g/mol. The number of carbonyl (C=O) groups excluding carboxylic acids is 2. The largest absolute Gasteiger partial charge is 0.351 e. The van der Waals surface area contributed by atoms with Crippen LogP contribution >= 0.6 is 0 Å². The fourth-order valence-electron chi connectivity index (χ4n) is 2.44. The van der Waals surface area contributed by atoms with E-state index in [-0.39, 0.29) is 24.2 Å². The molecule has 0 radical (unpaired) electrons. The van der Waals surface area contributed by atoms with Gasteiger partial charge in [-0.1, -0.05) is 36.4 Å². The monoisotopic (exact) mass is 312 g/mol. The summed E-state index contributed by atoms with van der Waals surface area (Å²) in [5.41, 5.74) is 0.0342. The zero-order valence-corrected chi connectivity index (χ0v) is 12.5. The van der Waals surface area contributed by atoms with E-state index in [1.807, 2.05) is 18.2 Å². The number of rotatable bonds is 5. The van der Waals surface area contributed by atoms with Crippen LogP contribution in [0.4, 0.5) is 10.1 Å². The minimum Gasteiger partial charge on any atom is -0.351 e. The second kappa shape index (κ2) is 6.20. The van der Waals surface area contributed by atoms with Gasteiger partial charge in [-0.2, -0.15) is 0 Å². The van der Waals surface area contributed by atoms with Crippen molar-refractivity contribution < 1.29 is 14.0 Å². The molecule has 1 aliphatic rings. The van der Waals surface area contributed by atoms with Crippen LogP contribution in [0.3, 0.4) is 0 Å².